The molecule has 1 amide bonds. The van der Waals surface area contributed by atoms with Gasteiger partial charge in [-0.2, -0.15) is 0 Å². The zero-order chi connectivity index (χ0) is 22.3. The lowest BCUT2D eigenvalue weighted by atomic mass is 10.1. The van der Waals surface area contributed by atoms with Crippen molar-refractivity contribution in [3.63, 3.8) is 0 Å². The first-order valence-electron chi connectivity index (χ1n) is 9.01. The van der Waals surface area contributed by atoms with Crippen LogP contribution in [0.2, 0.25) is 0 Å². The molecule has 0 bridgehead atoms. The standard InChI is InChI=1S/C20H15F2N5O3S/c1-26-17-15(18(29)27(2)20(26)30)10(6-7-23-17)8-14(28)25-19-24-13(9-31-19)11-4-3-5-12(21)16(11)22/h3-7,9H,8H2,1-2H3,(H,24,25,28). The van der Waals surface area contributed by atoms with E-state index in [0.29, 0.717) is 5.56 Å². The van der Waals surface area contributed by atoms with Crippen LogP contribution in [-0.4, -0.2) is 25.0 Å². The first-order valence-corrected chi connectivity index (χ1v) is 9.89. The van der Waals surface area contributed by atoms with Gasteiger partial charge < -0.3 is 5.32 Å². The Hall–Kier alpha value is -3.73. The van der Waals surface area contributed by atoms with E-state index in [1.807, 2.05) is 0 Å². The number of carbonyl (C=O) groups is 1. The molecule has 3 heterocycles. The monoisotopic (exact) mass is 443 g/mol. The average molecular weight is 443 g/mol. The van der Waals surface area contributed by atoms with Gasteiger partial charge in [0.1, 0.15) is 5.65 Å². The van der Waals surface area contributed by atoms with Crippen molar-refractivity contribution in [2.45, 2.75) is 6.42 Å². The van der Waals surface area contributed by atoms with Gasteiger partial charge in [0.2, 0.25) is 5.91 Å². The predicted octanol–water partition coefficient (Wildman–Crippen LogP) is 2.22. The van der Waals surface area contributed by atoms with Crippen LogP contribution in [0.3, 0.4) is 0 Å². The van der Waals surface area contributed by atoms with E-state index in [9.17, 15) is 23.2 Å². The van der Waals surface area contributed by atoms with Crippen LogP contribution < -0.4 is 16.6 Å². The summed E-state index contributed by atoms with van der Waals surface area (Å²) < 4.78 is 29.6. The number of aromatic nitrogens is 4. The van der Waals surface area contributed by atoms with Crippen molar-refractivity contribution in [2.24, 2.45) is 14.1 Å². The van der Waals surface area contributed by atoms with Gasteiger partial charge in [0.25, 0.3) is 5.56 Å². The molecule has 0 aliphatic carbocycles. The van der Waals surface area contributed by atoms with Crippen LogP contribution in [-0.2, 0) is 25.3 Å². The number of pyridine rings is 1. The highest BCUT2D eigenvalue weighted by Crippen LogP contribution is 2.28. The van der Waals surface area contributed by atoms with E-state index in [0.717, 1.165) is 22.0 Å². The van der Waals surface area contributed by atoms with E-state index in [-0.39, 0.29) is 33.8 Å². The van der Waals surface area contributed by atoms with Crippen molar-refractivity contribution in [1.82, 2.24) is 19.1 Å². The zero-order valence-corrected chi connectivity index (χ0v) is 17.2. The second kappa shape index (κ2) is 7.84. The fraction of sp³-hybridized carbons (Fsp3) is 0.150. The summed E-state index contributed by atoms with van der Waals surface area (Å²) in [6, 6.07) is 5.30. The van der Waals surface area contributed by atoms with Gasteiger partial charge in [-0.05, 0) is 23.8 Å². The third kappa shape index (κ3) is 3.63. The summed E-state index contributed by atoms with van der Waals surface area (Å²) in [6.45, 7) is 0. The lowest BCUT2D eigenvalue weighted by Crippen LogP contribution is -2.37. The zero-order valence-electron chi connectivity index (χ0n) is 16.3. The second-order valence-electron chi connectivity index (χ2n) is 6.74. The van der Waals surface area contributed by atoms with Crippen LogP contribution >= 0.6 is 11.3 Å². The number of amides is 1. The molecule has 1 N–H and O–H groups in total. The predicted molar refractivity (Wildman–Crippen MR) is 112 cm³/mol. The number of halogens is 2. The van der Waals surface area contributed by atoms with Crippen molar-refractivity contribution < 1.29 is 13.6 Å². The summed E-state index contributed by atoms with van der Waals surface area (Å²) in [5.74, 6) is -2.48. The van der Waals surface area contributed by atoms with Crippen molar-refractivity contribution in [2.75, 3.05) is 5.32 Å². The molecule has 3 aromatic heterocycles. The number of carbonyl (C=O) groups excluding carboxylic acids is 1. The second-order valence-corrected chi connectivity index (χ2v) is 7.60. The first-order chi connectivity index (χ1) is 14.8. The molecular formula is C20H15F2N5O3S. The summed E-state index contributed by atoms with van der Waals surface area (Å²) in [5.41, 5.74) is -0.321. The lowest BCUT2D eigenvalue weighted by molar-refractivity contribution is -0.115. The Morgan fingerprint density at radius 1 is 1.16 bits per heavy atom. The minimum Gasteiger partial charge on any atom is -0.302 e. The maximum atomic E-state index is 14.0. The first kappa shape index (κ1) is 20.5. The molecule has 31 heavy (non-hydrogen) atoms. The Bertz CT molecular complexity index is 1460. The number of nitrogens with zero attached hydrogens (tertiary/aromatic N) is 4. The number of hydrogen-bond donors (Lipinski definition) is 1. The van der Waals surface area contributed by atoms with Gasteiger partial charge in [0.05, 0.1) is 17.5 Å². The molecule has 0 fully saturated rings. The molecule has 0 unspecified atom stereocenters. The van der Waals surface area contributed by atoms with Crippen LogP contribution in [0, 0.1) is 11.6 Å². The Morgan fingerprint density at radius 3 is 2.71 bits per heavy atom. The fourth-order valence-corrected chi connectivity index (χ4v) is 3.91. The highest BCUT2D eigenvalue weighted by Gasteiger charge is 2.17. The summed E-state index contributed by atoms with van der Waals surface area (Å²) in [7, 11) is 2.84. The molecule has 11 heteroatoms. The largest absolute Gasteiger partial charge is 0.332 e. The number of benzene rings is 1. The van der Waals surface area contributed by atoms with Crippen molar-refractivity contribution in [1.29, 1.82) is 0 Å². The molecule has 0 radical (unpaired) electrons. The topological polar surface area (TPSA) is 98.9 Å². The number of hydrogen-bond acceptors (Lipinski definition) is 6. The van der Waals surface area contributed by atoms with Gasteiger partial charge in [-0.15, -0.1) is 11.3 Å². The highest BCUT2D eigenvalue weighted by molar-refractivity contribution is 7.14. The maximum absolute atomic E-state index is 14.0. The quantitative estimate of drug-likeness (QED) is 0.522. The maximum Gasteiger partial charge on any atom is 0.332 e. The average Bonchev–Trinajstić information content (AvgIpc) is 3.20. The minimum absolute atomic E-state index is 0.0127. The smallest absolute Gasteiger partial charge is 0.302 e. The van der Waals surface area contributed by atoms with Crippen molar-refractivity contribution in [3.05, 3.63) is 73.9 Å². The van der Waals surface area contributed by atoms with Crippen LogP contribution in [0.15, 0.2) is 45.4 Å². The van der Waals surface area contributed by atoms with E-state index >= 15 is 0 Å². The molecule has 0 aliphatic rings. The lowest BCUT2D eigenvalue weighted by Gasteiger charge is -2.10. The number of rotatable bonds is 4. The SMILES string of the molecule is Cn1c(=O)c2c(CC(=O)Nc3nc(-c4cccc(F)c4F)cs3)ccnc2n(C)c1=O. The van der Waals surface area contributed by atoms with E-state index in [1.54, 1.807) is 0 Å². The molecule has 158 valence electrons. The number of thiazole rings is 1. The van der Waals surface area contributed by atoms with Gasteiger partial charge in [0, 0.05) is 31.2 Å². The molecule has 0 spiro atoms. The van der Waals surface area contributed by atoms with E-state index in [4.69, 9.17) is 0 Å². The van der Waals surface area contributed by atoms with E-state index in [1.165, 1.54) is 48.4 Å². The van der Waals surface area contributed by atoms with Crippen LogP contribution in [0.1, 0.15) is 5.56 Å². The molecule has 0 saturated carbocycles. The molecule has 4 aromatic rings. The third-order valence-electron chi connectivity index (χ3n) is 4.76. The Morgan fingerprint density at radius 2 is 1.94 bits per heavy atom. The van der Waals surface area contributed by atoms with Crippen molar-refractivity contribution in [3.8, 4) is 11.3 Å². The van der Waals surface area contributed by atoms with Crippen molar-refractivity contribution >= 4 is 33.4 Å². The van der Waals surface area contributed by atoms with Crippen LogP contribution in [0.5, 0.6) is 0 Å². The van der Waals surface area contributed by atoms with Gasteiger partial charge in [-0.25, -0.2) is 23.5 Å². The summed E-state index contributed by atoms with van der Waals surface area (Å²) >= 11 is 1.06. The van der Waals surface area contributed by atoms with Gasteiger partial charge >= 0.3 is 5.69 Å². The Balaban J connectivity index is 1.62. The minimum atomic E-state index is -1.02. The van der Waals surface area contributed by atoms with Crippen LogP contribution in [0.25, 0.3) is 22.3 Å². The molecular weight excluding hydrogens is 428 g/mol. The molecule has 4 rings (SSSR count). The third-order valence-corrected chi connectivity index (χ3v) is 5.51. The van der Waals surface area contributed by atoms with E-state index in [2.05, 4.69) is 15.3 Å². The summed E-state index contributed by atoms with van der Waals surface area (Å²) in [6.07, 6.45) is 1.24. The fourth-order valence-electron chi connectivity index (χ4n) is 3.19. The number of fused-ring (bicyclic) bond motifs is 1. The van der Waals surface area contributed by atoms with Gasteiger partial charge in [0.15, 0.2) is 16.8 Å². The highest BCUT2D eigenvalue weighted by atomic mass is 32.1. The molecule has 0 atom stereocenters. The number of aryl methyl sites for hydroxylation is 1. The van der Waals surface area contributed by atoms with Gasteiger partial charge in [-0.3, -0.25) is 18.7 Å². The number of anilines is 1. The number of nitrogens with one attached hydrogen (secondary N) is 1. The molecule has 1 aromatic carbocycles. The Kier molecular flexibility index (Phi) is 5.19. The normalized spacial score (nSPS) is 11.1. The molecule has 8 nitrogen and oxygen atoms in total. The summed E-state index contributed by atoms with van der Waals surface area (Å²) in [5, 5.41) is 4.46. The Labute approximate surface area is 177 Å². The summed E-state index contributed by atoms with van der Waals surface area (Å²) in [4.78, 5) is 45.5. The van der Waals surface area contributed by atoms with Gasteiger partial charge in [-0.1, -0.05) is 6.07 Å². The molecule has 0 saturated heterocycles. The molecule has 0 aliphatic heterocycles. The van der Waals surface area contributed by atoms with E-state index < -0.39 is 28.8 Å². The van der Waals surface area contributed by atoms with Crippen LogP contribution in [0.4, 0.5) is 13.9 Å².